The van der Waals surface area contributed by atoms with Crippen LogP contribution in [0.2, 0.25) is 0 Å². The van der Waals surface area contributed by atoms with Gasteiger partial charge in [0.15, 0.2) is 0 Å². The lowest BCUT2D eigenvalue weighted by molar-refractivity contribution is 0.622. The lowest BCUT2D eigenvalue weighted by Crippen LogP contribution is -1.97. The van der Waals surface area contributed by atoms with E-state index >= 15 is 0 Å². The van der Waals surface area contributed by atoms with Gasteiger partial charge in [-0.05, 0) is 18.6 Å². The number of hydrogen-bond acceptors (Lipinski definition) is 1. The van der Waals surface area contributed by atoms with Gasteiger partial charge < -0.3 is 0 Å². The van der Waals surface area contributed by atoms with Gasteiger partial charge in [-0.25, -0.2) is 0 Å². The fourth-order valence-electron chi connectivity index (χ4n) is 1.46. The number of fused-ring (bicyclic) bond motifs is 1. The average Bonchev–Trinajstić information content (AvgIpc) is 2.51. The fraction of sp³-hybridized carbons (Fsp3) is 0.300. The molecule has 2 aromatic rings. The van der Waals surface area contributed by atoms with Gasteiger partial charge in [0, 0.05) is 16.4 Å². The Hall–Kier alpha value is -0.830. The van der Waals surface area contributed by atoms with Gasteiger partial charge in [-0.1, -0.05) is 28.9 Å². The molecular weight excluding hydrogens is 228 g/mol. The van der Waals surface area contributed by atoms with Crippen LogP contribution in [0.15, 0.2) is 28.9 Å². The Morgan fingerprint density at radius 3 is 3.08 bits per heavy atom. The Balaban J connectivity index is 2.61. The second kappa shape index (κ2) is 3.50. The maximum absolute atomic E-state index is 4.33. The number of nitrogens with zero attached hydrogens (tertiary/aromatic N) is 2. The Labute approximate surface area is 85.7 Å². The van der Waals surface area contributed by atoms with E-state index in [1.807, 2.05) is 23.0 Å². The van der Waals surface area contributed by atoms with E-state index in [1.54, 1.807) is 0 Å². The van der Waals surface area contributed by atoms with Crippen molar-refractivity contribution >= 4 is 26.8 Å². The third-order valence-electron chi connectivity index (χ3n) is 2.07. The largest absolute Gasteiger partial charge is 0.265 e. The highest BCUT2D eigenvalue weighted by molar-refractivity contribution is 9.10. The zero-order chi connectivity index (χ0) is 9.26. The van der Waals surface area contributed by atoms with Gasteiger partial charge in [-0.2, -0.15) is 5.10 Å². The van der Waals surface area contributed by atoms with Crippen molar-refractivity contribution in [2.24, 2.45) is 0 Å². The van der Waals surface area contributed by atoms with Crippen LogP contribution in [0.3, 0.4) is 0 Å². The minimum Gasteiger partial charge on any atom is -0.265 e. The average molecular weight is 239 g/mol. The molecule has 68 valence electrons. The molecule has 1 heterocycles. The Morgan fingerprint density at radius 2 is 2.31 bits per heavy atom. The second-order valence-electron chi connectivity index (χ2n) is 3.04. The summed E-state index contributed by atoms with van der Waals surface area (Å²) in [6, 6.07) is 6.18. The van der Waals surface area contributed by atoms with E-state index in [0.29, 0.717) is 0 Å². The first-order valence-corrected chi connectivity index (χ1v) is 5.22. The molecule has 0 saturated carbocycles. The summed E-state index contributed by atoms with van der Waals surface area (Å²) in [5.74, 6) is 0. The van der Waals surface area contributed by atoms with Crippen molar-refractivity contribution < 1.29 is 0 Å². The number of benzene rings is 1. The van der Waals surface area contributed by atoms with Crippen molar-refractivity contribution in [3.05, 3.63) is 28.9 Å². The van der Waals surface area contributed by atoms with E-state index in [2.05, 4.69) is 34.0 Å². The number of rotatable bonds is 2. The van der Waals surface area contributed by atoms with Gasteiger partial charge >= 0.3 is 0 Å². The van der Waals surface area contributed by atoms with Crippen LogP contribution in [-0.2, 0) is 6.54 Å². The number of hydrogen-bond donors (Lipinski definition) is 0. The topological polar surface area (TPSA) is 17.8 Å². The van der Waals surface area contributed by atoms with Crippen LogP contribution in [0.5, 0.6) is 0 Å². The molecule has 1 aromatic carbocycles. The van der Waals surface area contributed by atoms with E-state index in [0.717, 1.165) is 17.4 Å². The smallest absolute Gasteiger partial charge is 0.0693 e. The summed E-state index contributed by atoms with van der Waals surface area (Å²) in [5, 5.41) is 5.52. The van der Waals surface area contributed by atoms with Gasteiger partial charge in [0.1, 0.15) is 0 Å². The molecule has 0 atom stereocenters. The van der Waals surface area contributed by atoms with Crippen molar-refractivity contribution in [3.63, 3.8) is 0 Å². The number of halogens is 1. The quantitative estimate of drug-likeness (QED) is 0.786. The van der Waals surface area contributed by atoms with Crippen LogP contribution < -0.4 is 0 Å². The maximum atomic E-state index is 4.33. The van der Waals surface area contributed by atoms with Crippen LogP contribution in [0, 0.1) is 0 Å². The van der Waals surface area contributed by atoms with Gasteiger partial charge in [0.05, 0.1) is 11.7 Å². The van der Waals surface area contributed by atoms with E-state index in [9.17, 15) is 0 Å². The van der Waals surface area contributed by atoms with Crippen molar-refractivity contribution in [2.75, 3.05) is 0 Å². The molecule has 0 amide bonds. The summed E-state index contributed by atoms with van der Waals surface area (Å²) in [4.78, 5) is 0. The van der Waals surface area contributed by atoms with Gasteiger partial charge in [0.25, 0.3) is 0 Å². The first-order chi connectivity index (χ1) is 6.33. The Morgan fingerprint density at radius 1 is 1.46 bits per heavy atom. The van der Waals surface area contributed by atoms with Crippen molar-refractivity contribution in [1.29, 1.82) is 0 Å². The molecule has 0 bridgehead atoms. The number of aryl methyl sites for hydroxylation is 1. The summed E-state index contributed by atoms with van der Waals surface area (Å²) < 4.78 is 3.16. The molecule has 2 nitrogen and oxygen atoms in total. The molecule has 0 aliphatic rings. The SMILES string of the molecule is CCCn1ncc2c(Br)cccc21. The molecule has 0 aliphatic heterocycles. The minimum absolute atomic E-state index is 0.986. The molecule has 13 heavy (non-hydrogen) atoms. The highest BCUT2D eigenvalue weighted by Crippen LogP contribution is 2.23. The predicted molar refractivity (Wildman–Crippen MR) is 57.7 cm³/mol. The molecular formula is C10H11BrN2. The van der Waals surface area contributed by atoms with Gasteiger partial charge in [-0.3, -0.25) is 4.68 Å². The molecule has 0 aliphatic carbocycles. The standard InChI is InChI=1S/C10H11BrN2/c1-2-6-13-10-5-3-4-9(11)8(10)7-12-13/h3-5,7H,2,6H2,1H3. The first kappa shape index (κ1) is 8.75. The zero-order valence-electron chi connectivity index (χ0n) is 7.50. The van der Waals surface area contributed by atoms with E-state index in [4.69, 9.17) is 0 Å². The van der Waals surface area contributed by atoms with Crippen LogP contribution in [0.1, 0.15) is 13.3 Å². The normalized spacial score (nSPS) is 10.9. The zero-order valence-corrected chi connectivity index (χ0v) is 9.08. The monoisotopic (exact) mass is 238 g/mol. The summed E-state index contributed by atoms with van der Waals surface area (Å²) in [5.41, 5.74) is 1.20. The van der Waals surface area contributed by atoms with Crippen molar-refractivity contribution in [2.45, 2.75) is 19.9 Å². The third kappa shape index (κ3) is 1.48. The summed E-state index contributed by atoms with van der Waals surface area (Å²) in [6.07, 6.45) is 3.03. The lowest BCUT2D eigenvalue weighted by Gasteiger charge is -2.00. The highest BCUT2D eigenvalue weighted by atomic mass is 79.9. The Kier molecular flexibility index (Phi) is 2.36. The summed E-state index contributed by atoms with van der Waals surface area (Å²) >= 11 is 3.51. The van der Waals surface area contributed by atoms with E-state index in [1.165, 1.54) is 10.9 Å². The Bertz CT molecular complexity index is 420. The van der Waals surface area contributed by atoms with Crippen molar-refractivity contribution in [1.82, 2.24) is 9.78 Å². The molecule has 1 aromatic heterocycles. The van der Waals surface area contributed by atoms with E-state index < -0.39 is 0 Å². The minimum atomic E-state index is 0.986. The first-order valence-electron chi connectivity index (χ1n) is 4.43. The van der Waals surface area contributed by atoms with Gasteiger partial charge in [0.2, 0.25) is 0 Å². The maximum Gasteiger partial charge on any atom is 0.0693 e. The molecule has 3 heteroatoms. The third-order valence-corrected chi connectivity index (χ3v) is 2.76. The van der Waals surface area contributed by atoms with E-state index in [-0.39, 0.29) is 0 Å². The number of aromatic nitrogens is 2. The fourth-order valence-corrected chi connectivity index (χ4v) is 1.92. The van der Waals surface area contributed by atoms with Crippen LogP contribution >= 0.6 is 15.9 Å². The highest BCUT2D eigenvalue weighted by Gasteiger charge is 2.03. The summed E-state index contributed by atoms with van der Waals surface area (Å²) in [6.45, 7) is 3.14. The second-order valence-corrected chi connectivity index (χ2v) is 3.89. The van der Waals surface area contributed by atoms with Crippen LogP contribution in [0.25, 0.3) is 10.9 Å². The lowest BCUT2D eigenvalue weighted by atomic mass is 10.2. The van der Waals surface area contributed by atoms with Crippen LogP contribution in [-0.4, -0.2) is 9.78 Å². The van der Waals surface area contributed by atoms with Crippen molar-refractivity contribution in [3.8, 4) is 0 Å². The molecule has 0 fully saturated rings. The predicted octanol–water partition coefficient (Wildman–Crippen LogP) is 3.21. The molecule has 0 spiro atoms. The molecule has 0 radical (unpaired) electrons. The molecule has 2 rings (SSSR count). The summed E-state index contributed by atoms with van der Waals surface area (Å²) in [7, 11) is 0. The molecule has 0 saturated heterocycles. The van der Waals surface area contributed by atoms with Gasteiger partial charge in [-0.15, -0.1) is 0 Å². The molecule has 0 N–H and O–H groups in total. The van der Waals surface area contributed by atoms with Crippen LogP contribution in [0.4, 0.5) is 0 Å². The molecule has 0 unspecified atom stereocenters.